The molecule has 22 heavy (non-hydrogen) atoms. The fourth-order valence-electron chi connectivity index (χ4n) is 1.39. The highest BCUT2D eigenvalue weighted by molar-refractivity contribution is 8.13. The summed E-state index contributed by atoms with van der Waals surface area (Å²) >= 11 is 1.00. The maximum atomic E-state index is 12.7. The lowest BCUT2D eigenvalue weighted by Gasteiger charge is -2.04. The van der Waals surface area contributed by atoms with E-state index in [4.69, 9.17) is 10.00 Å². The number of hydrogen-bond acceptors (Lipinski definition) is 4. The average Bonchev–Trinajstić information content (AvgIpc) is 2.52. The second-order valence-corrected chi connectivity index (χ2v) is 5.05. The third kappa shape index (κ3) is 6.54. The van der Waals surface area contributed by atoms with Gasteiger partial charge in [-0.05, 0) is 17.7 Å². The van der Waals surface area contributed by atoms with Crippen molar-refractivity contribution in [3.63, 3.8) is 0 Å². The fourth-order valence-corrected chi connectivity index (χ4v) is 2.14. The Morgan fingerprint density at radius 3 is 2.55 bits per heavy atom. The van der Waals surface area contributed by atoms with Gasteiger partial charge in [-0.15, -0.1) is 0 Å². The molecule has 0 aliphatic heterocycles. The molecule has 0 aliphatic carbocycles. The van der Waals surface area contributed by atoms with Gasteiger partial charge in [0.15, 0.2) is 17.2 Å². The minimum Gasteiger partial charge on any atom is -0.497 e. The van der Waals surface area contributed by atoms with Crippen LogP contribution in [-0.2, 0) is 6.54 Å². The van der Waals surface area contributed by atoms with Crippen molar-refractivity contribution >= 4 is 16.9 Å². The molecule has 0 heterocycles. The molecule has 0 unspecified atom stereocenters. The van der Waals surface area contributed by atoms with Crippen LogP contribution in [0.1, 0.15) is 12.0 Å². The van der Waals surface area contributed by atoms with E-state index in [0.717, 1.165) is 17.3 Å². The number of benzene rings is 1. The van der Waals surface area contributed by atoms with Gasteiger partial charge < -0.3 is 4.74 Å². The number of amidine groups is 1. The number of rotatable bonds is 6. The van der Waals surface area contributed by atoms with E-state index in [9.17, 15) is 13.2 Å². The zero-order valence-corrected chi connectivity index (χ0v) is 12.6. The highest BCUT2D eigenvalue weighted by Gasteiger charge is 2.06. The minimum atomic E-state index is -2.31. The van der Waals surface area contributed by atoms with E-state index in [-0.39, 0.29) is 10.9 Å². The lowest BCUT2D eigenvalue weighted by atomic mass is 10.2. The molecule has 0 atom stereocenters. The summed E-state index contributed by atoms with van der Waals surface area (Å²) in [7, 11) is 1.56. The SMILES string of the molecule is COc1ccc(CN=C(NC#N)SCCC(F)=C(F)F)cc1. The molecule has 4 nitrogen and oxygen atoms in total. The maximum Gasteiger partial charge on any atom is 0.301 e. The third-order valence-electron chi connectivity index (χ3n) is 2.49. The van der Waals surface area contributed by atoms with Gasteiger partial charge in [-0.1, -0.05) is 23.9 Å². The molecule has 0 bridgehead atoms. The summed E-state index contributed by atoms with van der Waals surface area (Å²) in [5.74, 6) is -0.675. The van der Waals surface area contributed by atoms with Crippen molar-refractivity contribution < 1.29 is 17.9 Å². The number of thioether (sulfide) groups is 1. The highest BCUT2D eigenvalue weighted by atomic mass is 32.2. The van der Waals surface area contributed by atoms with Crippen LogP contribution in [0.4, 0.5) is 13.2 Å². The van der Waals surface area contributed by atoms with E-state index in [0.29, 0.717) is 12.3 Å². The van der Waals surface area contributed by atoms with Crippen LogP contribution < -0.4 is 10.1 Å². The molecule has 0 radical (unpaired) electrons. The Kier molecular flexibility index (Phi) is 7.92. The number of nitrogens with zero attached hydrogens (tertiary/aromatic N) is 2. The van der Waals surface area contributed by atoms with Gasteiger partial charge in [-0.25, -0.2) is 4.39 Å². The molecule has 1 N–H and O–H groups in total. The number of hydrogen-bond donors (Lipinski definition) is 1. The van der Waals surface area contributed by atoms with E-state index < -0.39 is 18.3 Å². The first kappa shape index (κ1) is 17.9. The van der Waals surface area contributed by atoms with Crippen molar-refractivity contribution in [2.75, 3.05) is 12.9 Å². The van der Waals surface area contributed by atoms with E-state index in [1.165, 1.54) is 0 Å². The average molecular weight is 329 g/mol. The summed E-state index contributed by atoms with van der Waals surface area (Å²) in [6, 6.07) is 7.19. The van der Waals surface area contributed by atoms with Gasteiger partial charge in [0.2, 0.25) is 0 Å². The summed E-state index contributed by atoms with van der Waals surface area (Å²) in [5, 5.41) is 11.2. The first-order valence-corrected chi connectivity index (χ1v) is 7.20. The first-order chi connectivity index (χ1) is 10.6. The molecule has 0 spiro atoms. The monoisotopic (exact) mass is 329 g/mol. The lowest BCUT2D eigenvalue weighted by Crippen LogP contribution is -2.14. The number of nitriles is 1. The van der Waals surface area contributed by atoms with Crippen LogP contribution in [0.5, 0.6) is 5.75 Å². The molecular weight excluding hydrogens is 315 g/mol. The first-order valence-electron chi connectivity index (χ1n) is 6.21. The van der Waals surface area contributed by atoms with Gasteiger partial charge in [0.25, 0.3) is 0 Å². The number of methoxy groups -OCH3 is 1. The van der Waals surface area contributed by atoms with Crippen molar-refractivity contribution in [3.05, 3.63) is 41.7 Å². The van der Waals surface area contributed by atoms with Gasteiger partial charge in [-0.3, -0.25) is 10.3 Å². The Balaban J connectivity index is 2.57. The van der Waals surface area contributed by atoms with Gasteiger partial charge in [0.1, 0.15) is 5.75 Å². The standard InChI is InChI=1S/C14H14F3N3OS/c1-21-11-4-2-10(3-5-11)8-19-14(20-9-18)22-7-6-12(15)13(16)17/h2-5H,6-8H2,1H3,(H,19,20). The second-order valence-electron chi connectivity index (χ2n) is 3.97. The van der Waals surface area contributed by atoms with Crippen LogP contribution in [0.3, 0.4) is 0 Å². The summed E-state index contributed by atoms with van der Waals surface area (Å²) in [6.45, 7) is 0.302. The number of halogens is 3. The molecular formula is C14H14F3N3OS. The van der Waals surface area contributed by atoms with Gasteiger partial charge in [-0.2, -0.15) is 14.0 Å². The summed E-state index contributed by atoms with van der Waals surface area (Å²) < 4.78 is 41.5. The molecule has 0 aliphatic rings. The Hall–Kier alpha value is -2.14. The molecule has 0 amide bonds. The van der Waals surface area contributed by atoms with Crippen molar-refractivity contribution in [2.24, 2.45) is 4.99 Å². The van der Waals surface area contributed by atoms with E-state index >= 15 is 0 Å². The zero-order valence-electron chi connectivity index (χ0n) is 11.8. The van der Waals surface area contributed by atoms with Crippen molar-refractivity contribution in [1.29, 1.82) is 5.26 Å². The van der Waals surface area contributed by atoms with Crippen LogP contribution in [0.2, 0.25) is 0 Å². The van der Waals surface area contributed by atoms with Gasteiger partial charge >= 0.3 is 6.08 Å². The van der Waals surface area contributed by atoms with Crippen LogP contribution in [0, 0.1) is 11.5 Å². The van der Waals surface area contributed by atoms with E-state index in [1.54, 1.807) is 25.4 Å². The molecule has 118 valence electrons. The highest BCUT2D eigenvalue weighted by Crippen LogP contribution is 2.17. The number of ether oxygens (including phenoxy) is 1. The zero-order chi connectivity index (χ0) is 16.4. The molecule has 8 heteroatoms. The Labute approximate surface area is 130 Å². The minimum absolute atomic E-state index is 0.0549. The Morgan fingerprint density at radius 1 is 1.32 bits per heavy atom. The van der Waals surface area contributed by atoms with Crippen LogP contribution in [0.15, 0.2) is 41.2 Å². The summed E-state index contributed by atoms with van der Waals surface area (Å²) in [5.41, 5.74) is 0.888. The van der Waals surface area contributed by atoms with Crippen molar-refractivity contribution in [1.82, 2.24) is 5.32 Å². The summed E-state index contributed by atoms with van der Waals surface area (Å²) in [6.07, 6.45) is -1.02. The van der Waals surface area contributed by atoms with Crippen LogP contribution in [-0.4, -0.2) is 18.0 Å². The third-order valence-corrected chi connectivity index (χ3v) is 3.41. The predicted octanol–water partition coefficient (Wildman–Crippen LogP) is 3.82. The number of allylic oxidation sites excluding steroid dienone is 1. The summed E-state index contributed by atoms with van der Waals surface area (Å²) in [4.78, 5) is 4.16. The topological polar surface area (TPSA) is 57.4 Å². The molecule has 1 aromatic rings. The molecule has 0 saturated carbocycles. The quantitative estimate of drug-likeness (QED) is 0.373. The molecule has 0 fully saturated rings. The van der Waals surface area contributed by atoms with Crippen LogP contribution in [0.25, 0.3) is 0 Å². The Bertz CT molecular complexity index is 578. The molecule has 1 rings (SSSR count). The predicted molar refractivity (Wildman–Crippen MR) is 80.3 cm³/mol. The molecule has 0 aromatic heterocycles. The fraction of sp³-hybridized carbons (Fsp3) is 0.286. The number of aliphatic imine (C=N–C) groups is 1. The number of nitrogens with one attached hydrogen (secondary N) is 1. The van der Waals surface area contributed by atoms with E-state index in [1.807, 2.05) is 12.1 Å². The Morgan fingerprint density at radius 2 is 2.00 bits per heavy atom. The normalized spacial score (nSPS) is 10.8. The molecule has 1 aromatic carbocycles. The van der Waals surface area contributed by atoms with Crippen LogP contribution >= 0.6 is 11.8 Å². The molecule has 0 saturated heterocycles. The largest absolute Gasteiger partial charge is 0.497 e. The maximum absolute atomic E-state index is 12.7. The lowest BCUT2D eigenvalue weighted by molar-refractivity contribution is 0.373. The van der Waals surface area contributed by atoms with Gasteiger partial charge in [0.05, 0.1) is 13.7 Å². The smallest absolute Gasteiger partial charge is 0.301 e. The van der Waals surface area contributed by atoms with E-state index in [2.05, 4.69) is 10.3 Å². The van der Waals surface area contributed by atoms with Crippen molar-refractivity contribution in [3.8, 4) is 11.9 Å². The second kappa shape index (κ2) is 9.73. The van der Waals surface area contributed by atoms with Crippen molar-refractivity contribution in [2.45, 2.75) is 13.0 Å². The van der Waals surface area contributed by atoms with Gasteiger partial charge in [0, 0.05) is 12.2 Å².